The van der Waals surface area contributed by atoms with E-state index in [1.165, 1.54) is 48.8 Å². The molecule has 4 nitrogen and oxygen atoms in total. The van der Waals surface area contributed by atoms with Gasteiger partial charge in [0.15, 0.2) is 0 Å². The van der Waals surface area contributed by atoms with Crippen molar-refractivity contribution in [3.63, 3.8) is 0 Å². The van der Waals surface area contributed by atoms with Crippen LogP contribution >= 0.6 is 0 Å². The van der Waals surface area contributed by atoms with Gasteiger partial charge >= 0.3 is 0 Å². The Bertz CT molecular complexity index is 1220. The molecule has 6 atom stereocenters. The van der Waals surface area contributed by atoms with E-state index in [0.29, 0.717) is 17.9 Å². The van der Waals surface area contributed by atoms with Crippen molar-refractivity contribution in [2.75, 3.05) is 20.3 Å². The quantitative estimate of drug-likeness (QED) is 0.480. The molecule has 2 saturated heterocycles. The summed E-state index contributed by atoms with van der Waals surface area (Å²) in [5.74, 6) is 1.10. The number of aliphatic imine (C=N–C) groups is 1. The zero-order valence-corrected chi connectivity index (χ0v) is 22.8. The summed E-state index contributed by atoms with van der Waals surface area (Å²) in [4.78, 5) is 4.32. The lowest BCUT2D eigenvalue weighted by molar-refractivity contribution is -0.140. The number of hydrogen-bond acceptors (Lipinski definition) is 4. The minimum absolute atomic E-state index is 0.0685. The molecule has 0 amide bonds. The summed E-state index contributed by atoms with van der Waals surface area (Å²) in [6.45, 7) is 10.5. The van der Waals surface area contributed by atoms with E-state index in [1.54, 1.807) is 5.57 Å². The largest absolute Gasteiger partial charge is 0.377 e. The Labute approximate surface area is 222 Å². The van der Waals surface area contributed by atoms with Gasteiger partial charge < -0.3 is 14.8 Å². The molecule has 37 heavy (non-hydrogen) atoms. The molecule has 4 heteroatoms. The zero-order chi connectivity index (χ0) is 25.5. The van der Waals surface area contributed by atoms with Crippen LogP contribution < -0.4 is 5.32 Å². The summed E-state index contributed by atoms with van der Waals surface area (Å²) in [6, 6.07) is 7.46. The molecule has 6 aliphatic rings. The van der Waals surface area contributed by atoms with Crippen LogP contribution in [0.2, 0.25) is 0 Å². The molecular formula is C33H42N2O2. The molecule has 2 bridgehead atoms. The van der Waals surface area contributed by atoms with Gasteiger partial charge in [0.05, 0.1) is 30.0 Å². The van der Waals surface area contributed by atoms with Crippen LogP contribution in [0, 0.1) is 11.3 Å². The van der Waals surface area contributed by atoms with E-state index < -0.39 is 0 Å². The Kier molecular flexibility index (Phi) is 5.36. The summed E-state index contributed by atoms with van der Waals surface area (Å²) in [7, 11) is 1.85. The predicted molar refractivity (Wildman–Crippen MR) is 150 cm³/mol. The third kappa shape index (κ3) is 3.41. The number of rotatable bonds is 5. The number of fused-ring (bicyclic) bond motifs is 1. The summed E-state index contributed by atoms with van der Waals surface area (Å²) in [6.07, 6.45) is 18.5. The van der Waals surface area contributed by atoms with Crippen LogP contribution in [0.25, 0.3) is 6.08 Å². The van der Waals surface area contributed by atoms with Crippen molar-refractivity contribution in [1.29, 1.82) is 0 Å². The number of ether oxygens (including phenoxy) is 2. The summed E-state index contributed by atoms with van der Waals surface area (Å²) >= 11 is 0. The Morgan fingerprint density at radius 2 is 1.97 bits per heavy atom. The fourth-order valence-electron chi connectivity index (χ4n) is 9.31. The van der Waals surface area contributed by atoms with Crippen molar-refractivity contribution in [3.05, 3.63) is 64.8 Å². The third-order valence-electron chi connectivity index (χ3n) is 11.1. The Morgan fingerprint density at radius 3 is 2.73 bits per heavy atom. The topological polar surface area (TPSA) is 42.8 Å². The molecule has 3 aliphatic heterocycles. The van der Waals surface area contributed by atoms with E-state index in [0.717, 1.165) is 38.0 Å². The normalized spacial score (nSPS) is 41.3. The van der Waals surface area contributed by atoms with E-state index in [-0.39, 0.29) is 22.2 Å². The number of allylic oxidation sites excluding steroid dienone is 1. The van der Waals surface area contributed by atoms with Gasteiger partial charge in [0.2, 0.25) is 0 Å². The lowest BCUT2D eigenvalue weighted by atomic mass is 9.58. The Hall–Kier alpha value is -2.01. The smallest absolute Gasteiger partial charge is 0.0974 e. The number of nitrogens with one attached hydrogen (secondary N) is 1. The highest BCUT2D eigenvalue weighted by Gasteiger charge is 2.66. The Morgan fingerprint density at radius 1 is 1.11 bits per heavy atom. The SMILES string of the molecule is C=Cc1ccc(C2CC[C@H]3[C@@]45CC[C@]6(C[C@@H](NC7(C)COC7)CCC6=CC4=CC[C@]23C)O5)cc1/C=N\C. The van der Waals surface area contributed by atoms with Gasteiger partial charge in [-0.05, 0) is 109 Å². The number of benzene rings is 1. The maximum absolute atomic E-state index is 7.50. The predicted octanol–water partition coefficient (Wildman–Crippen LogP) is 6.37. The van der Waals surface area contributed by atoms with E-state index in [2.05, 4.69) is 61.1 Å². The lowest BCUT2D eigenvalue weighted by Gasteiger charge is -2.55. The van der Waals surface area contributed by atoms with Gasteiger partial charge in [-0.3, -0.25) is 4.99 Å². The molecule has 4 fully saturated rings. The fraction of sp³-hybridized carbons (Fsp3) is 0.606. The van der Waals surface area contributed by atoms with Crippen molar-refractivity contribution in [3.8, 4) is 0 Å². The van der Waals surface area contributed by atoms with Crippen LogP contribution in [0.15, 0.2) is 53.1 Å². The van der Waals surface area contributed by atoms with Crippen LogP contribution in [-0.2, 0) is 9.47 Å². The van der Waals surface area contributed by atoms with E-state index in [4.69, 9.17) is 9.47 Å². The maximum atomic E-state index is 7.50. The van der Waals surface area contributed by atoms with Crippen LogP contribution in [-0.4, -0.2) is 49.3 Å². The highest BCUT2D eigenvalue weighted by atomic mass is 16.5. The van der Waals surface area contributed by atoms with Crippen molar-refractivity contribution in [2.24, 2.45) is 16.3 Å². The van der Waals surface area contributed by atoms with Crippen molar-refractivity contribution in [1.82, 2.24) is 5.32 Å². The summed E-state index contributed by atoms with van der Waals surface area (Å²) in [5.41, 5.74) is 7.05. The van der Waals surface area contributed by atoms with Gasteiger partial charge in [-0.15, -0.1) is 0 Å². The van der Waals surface area contributed by atoms with Gasteiger partial charge in [-0.25, -0.2) is 0 Å². The molecule has 3 heterocycles. The van der Waals surface area contributed by atoms with Crippen LogP contribution in [0.4, 0.5) is 0 Å². The van der Waals surface area contributed by atoms with Crippen molar-refractivity contribution < 1.29 is 9.47 Å². The molecule has 1 N–H and O–H groups in total. The van der Waals surface area contributed by atoms with E-state index >= 15 is 0 Å². The minimum Gasteiger partial charge on any atom is -0.377 e. The number of hydrogen-bond donors (Lipinski definition) is 1. The second-order valence-electron chi connectivity index (χ2n) is 13.3. The number of nitrogens with zero attached hydrogens (tertiary/aromatic N) is 1. The molecule has 2 saturated carbocycles. The standard InChI is InChI=1S/C33H42N2O2/c1-5-22-6-7-23(16-24(22)19-34-4)28-10-11-29-31(28,3)13-12-26-17-25-8-9-27(35-30(2)20-36-21-30)18-32(25)14-15-33(26,29)37-32/h5-7,12,16-17,19,27-29,35H,1,8-11,13-15,18,20-21H2,2-4H3/b34-19-/t27-,28?,29+,31+,32+,33+/m0/s1. The first kappa shape index (κ1) is 24.1. The van der Waals surface area contributed by atoms with Crippen LogP contribution in [0.1, 0.15) is 87.8 Å². The second kappa shape index (κ2) is 8.24. The minimum atomic E-state index is -0.106. The molecule has 0 aromatic heterocycles. The molecule has 1 aromatic rings. The average molecular weight is 499 g/mol. The third-order valence-corrected chi connectivity index (χ3v) is 11.1. The van der Waals surface area contributed by atoms with Crippen LogP contribution in [0.5, 0.6) is 0 Å². The average Bonchev–Trinajstić information content (AvgIpc) is 3.38. The van der Waals surface area contributed by atoms with Crippen molar-refractivity contribution in [2.45, 2.75) is 93.9 Å². The van der Waals surface area contributed by atoms with Gasteiger partial charge in [0, 0.05) is 19.3 Å². The summed E-state index contributed by atoms with van der Waals surface area (Å²) < 4.78 is 13.0. The van der Waals surface area contributed by atoms with Gasteiger partial charge in [-0.1, -0.05) is 43.9 Å². The van der Waals surface area contributed by atoms with Crippen LogP contribution in [0.3, 0.4) is 0 Å². The van der Waals surface area contributed by atoms with Gasteiger partial charge in [0.25, 0.3) is 0 Å². The molecule has 196 valence electrons. The molecule has 7 rings (SSSR count). The maximum Gasteiger partial charge on any atom is 0.0974 e. The molecule has 0 radical (unpaired) electrons. The first-order valence-electron chi connectivity index (χ1n) is 14.5. The zero-order valence-electron chi connectivity index (χ0n) is 22.8. The molecular weight excluding hydrogens is 456 g/mol. The monoisotopic (exact) mass is 498 g/mol. The Balaban J connectivity index is 1.20. The summed E-state index contributed by atoms with van der Waals surface area (Å²) in [5, 5.41) is 3.95. The van der Waals surface area contributed by atoms with E-state index in [1.807, 2.05) is 19.3 Å². The van der Waals surface area contributed by atoms with Crippen molar-refractivity contribution >= 4 is 12.3 Å². The molecule has 1 aromatic carbocycles. The second-order valence-corrected chi connectivity index (χ2v) is 13.3. The van der Waals surface area contributed by atoms with Gasteiger partial charge in [0.1, 0.15) is 0 Å². The first-order chi connectivity index (χ1) is 17.8. The van der Waals surface area contributed by atoms with Gasteiger partial charge in [-0.2, -0.15) is 0 Å². The molecule has 1 unspecified atom stereocenters. The highest BCUT2D eigenvalue weighted by Crippen LogP contribution is 2.69. The molecule has 2 spiro atoms. The lowest BCUT2D eigenvalue weighted by Crippen LogP contribution is -2.63. The first-order valence-corrected chi connectivity index (χ1v) is 14.5. The fourth-order valence-corrected chi connectivity index (χ4v) is 9.31. The molecule has 3 aliphatic carbocycles. The van der Waals surface area contributed by atoms with E-state index in [9.17, 15) is 0 Å². The highest BCUT2D eigenvalue weighted by molar-refractivity contribution is 5.85.